The Labute approximate surface area is 123 Å². The van der Waals surface area contributed by atoms with Gasteiger partial charge in [0.15, 0.2) is 0 Å². The van der Waals surface area contributed by atoms with Crippen molar-refractivity contribution >= 4 is 15.9 Å². The number of aromatic nitrogens is 2. The normalized spacial score (nSPS) is 29.4. The van der Waals surface area contributed by atoms with Crippen LogP contribution in [-0.2, 0) is 10.3 Å². The molecule has 0 radical (unpaired) electrons. The number of hydrogen-bond donors (Lipinski definition) is 0. The molecule has 5 heteroatoms. The van der Waals surface area contributed by atoms with E-state index in [4.69, 9.17) is 9.26 Å². The fourth-order valence-corrected chi connectivity index (χ4v) is 3.09. The van der Waals surface area contributed by atoms with E-state index in [2.05, 4.69) is 39.9 Å². The summed E-state index contributed by atoms with van der Waals surface area (Å²) in [7, 11) is 0. The Morgan fingerprint density at radius 3 is 2.95 bits per heavy atom. The molecule has 3 atom stereocenters. The molecule has 0 aliphatic heterocycles. The molecule has 1 aliphatic carbocycles. The summed E-state index contributed by atoms with van der Waals surface area (Å²) in [4.78, 5) is 4.71. The second-order valence-electron chi connectivity index (χ2n) is 5.46. The Balaban J connectivity index is 2.25. The summed E-state index contributed by atoms with van der Waals surface area (Å²) in [5.41, 5.74) is -0.339. The van der Waals surface area contributed by atoms with Gasteiger partial charge in [0.2, 0.25) is 11.7 Å². The van der Waals surface area contributed by atoms with E-state index in [-0.39, 0.29) is 10.4 Å². The van der Waals surface area contributed by atoms with Gasteiger partial charge in [0.1, 0.15) is 5.60 Å². The zero-order chi connectivity index (χ0) is 13.9. The second-order valence-corrected chi connectivity index (χ2v) is 6.57. The van der Waals surface area contributed by atoms with E-state index < -0.39 is 0 Å². The first-order valence-electron chi connectivity index (χ1n) is 7.23. The maximum Gasteiger partial charge on any atom is 0.240 e. The predicted octanol–water partition coefficient (Wildman–Crippen LogP) is 4.36. The number of alkyl halides is 1. The fraction of sp³-hybridized carbons (Fsp3) is 0.857. The second kappa shape index (κ2) is 6.35. The largest absolute Gasteiger partial charge is 0.367 e. The van der Waals surface area contributed by atoms with Crippen molar-refractivity contribution in [1.29, 1.82) is 0 Å². The van der Waals surface area contributed by atoms with Gasteiger partial charge in [0.05, 0.1) is 4.83 Å². The number of rotatable bonds is 5. The van der Waals surface area contributed by atoms with Crippen LogP contribution in [-0.4, -0.2) is 16.7 Å². The average molecular weight is 331 g/mol. The molecule has 1 heterocycles. The SMILES string of the molecule is CCOC1(c2noc(C(Br)CC)n2)CCCC(C)C1. The van der Waals surface area contributed by atoms with Crippen molar-refractivity contribution in [2.45, 2.75) is 63.3 Å². The zero-order valence-corrected chi connectivity index (χ0v) is 13.6. The molecule has 1 fully saturated rings. The molecular formula is C14H23BrN2O2. The van der Waals surface area contributed by atoms with Crippen molar-refractivity contribution in [3.8, 4) is 0 Å². The minimum absolute atomic E-state index is 0.133. The van der Waals surface area contributed by atoms with E-state index in [0.29, 0.717) is 18.4 Å². The smallest absolute Gasteiger partial charge is 0.240 e. The molecule has 1 saturated carbocycles. The first-order valence-corrected chi connectivity index (χ1v) is 8.15. The summed E-state index contributed by atoms with van der Waals surface area (Å²) in [5.74, 6) is 2.04. The monoisotopic (exact) mass is 330 g/mol. The molecule has 108 valence electrons. The standard InChI is InChI=1S/C14H23BrN2O2/c1-4-11(15)12-16-13(17-19-12)14(18-5-2)8-6-7-10(3)9-14/h10-11H,4-9H2,1-3H3. The predicted molar refractivity (Wildman–Crippen MR) is 77.2 cm³/mol. The highest BCUT2D eigenvalue weighted by Gasteiger charge is 2.41. The van der Waals surface area contributed by atoms with E-state index in [1.807, 2.05) is 6.92 Å². The molecule has 0 spiro atoms. The number of ether oxygens (including phenoxy) is 1. The zero-order valence-electron chi connectivity index (χ0n) is 12.0. The van der Waals surface area contributed by atoms with E-state index in [1.165, 1.54) is 6.42 Å². The van der Waals surface area contributed by atoms with E-state index >= 15 is 0 Å². The van der Waals surface area contributed by atoms with Crippen LogP contribution in [0.15, 0.2) is 4.52 Å². The summed E-state index contributed by atoms with van der Waals surface area (Å²) in [5, 5.41) is 4.19. The molecular weight excluding hydrogens is 308 g/mol. The molecule has 4 nitrogen and oxygen atoms in total. The molecule has 1 aromatic heterocycles. The Hall–Kier alpha value is -0.420. The van der Waals surface area contributed by atoms with Crippen LogP contribution in [0.2, 0.25) is 0 Å². The lowest BCUT2D eigenvalue weighted by atomic mass is 9.78. The quantitative estimate of drug-likeness (QED) is 0.752. The van der Waals surface area contributed by atoms with Crippen LogP contribution in [0.3, 0.4) is 0 Å². The third-order valence-corrected chi connectivity index (χ3v) is 4.89. The van der Waals surface area contributed by atoms with Crippen molar-refractivity contribution in [3.63, 3.8) is 0 Å². The van der Waals surface area contributed by atoms with Gasteiger partial charge in [0.25, 0.3) is 0 Å². The van der Waals surface area contributed by atoms with Gasteiger partial charge in [-0.25, -0.2) is 0 Å². The van der Waals surface area contributed by atoms with Gasteiger partial charge >= 0.3 is 0 Å². The van der Waals surface area contributed by atoms with Gasteiger partial charge in [-0.1, -0.05) is 41.4 Å². The van der Waals surface area contributed by atoms with Crippen molar-refractivity contribution < 1.29 is 9.26 Å². The topological polar surface area (TPSA) is 48.2 Å². The highest BCUT2D eigenvalue weighted by Crippen LogP contribution is 2.42. The Bertz CT molecular complexity index is 406. The van der Waals surface area contributed by atoms with Crippen LogP contribution in [0.25, 0.3) is 0 Å². The molecule has 0 aromatic carbocycles. The van der Waals surface area contributed by atoms with Crippen LogP contribution in [0, 0.1) is 5.92 Å². The number of halogens is 1. The highest BCUT2D eigenvalue weighted by molar-refractivity contribution is 9.09. The van der Waals surface area contributed by atoms with E-state index in [0.717, 1.165) is 31.5 Å². The fourth-order valence-electron chi connectivity index (χ4n) is 2.90. The van der Waals surface area contributed by atoms with Gasteiger partial charge in [-0.2, -0.15) is 4.98 Å². The Morgan fingerprint density at radius 1 is 1.53 bits per heavy atom. The molecule has 3 unspecified atom stereocenters. The van der Waals surface area contributed by atoms with Crippen LogP contribution >= 0.6 is 15.9 Å². The van der Waals surface area contributed by atoms with Crippen LogP contribution < -0.4 is 0 Å². The first-order chi connectivity index (χ1) is 9.11. The van der Waals surface area contributed by atoms with Crippen molar-refractivity contribution in [2.24, 2.45) is 5.92 Å². The lowest BCUT2D eigenvalue weighted by molar-refractivity contribution is -0.0891. The van der Waals surface area contributed by atoms with Crippen LogP contribution in [0.5, 0.6) is 0 Å². The summed E-state index contributed by atoms with van der Waals surface area (Å²) >= 11 is 3.55. The third kappa shape index (κ3) is 3.19. The molecule has 1 aromatic rings. The molecule has 0 saturated heterocycles. The molecule has 19 heavy (non-hydrogen) atoms. The Kier molecular flexibility index (Phi) is 5.01. The molecule has 0 N–H and O–H groups in total. The summed E-state index contributed by atoms with van der Waals surface area (Å²) in [6, 6.07) is 0. The van der Waals surface area contributed by atoms with Gasteiger partial charge in [-0.3, -0.25) is 0 Å². The van der Waals surface area contributed by atoms with Crippen molar-refractivity contribution in [3.05, 3.63) is 11.7 Å². The van der Waals surface area contributed by atoms with Gasteiger partial charge in [-0.05, 0) is 38.5 Å². The summed E-state index contributed by atoms with van der Waals surface area (Å²) in [6.07, 6.45) is 5.33. The van der Waals surface area contributed by atoms with Crippen molar-refractivity contribution in [1.82, 2.24) is 10.1 Å². The average Bonchev–Trinajstić information content (AvgIpc) is 2.88. The molecule has 0 bridgehead atoms. The lowest BCUT2D eigenvalue weighted by Gasteiger charge is -2.37. The lowest BCUT2D eigenvalue weighted by Crippen LogP contribution is -2.36. The minimum Gasteiger partial charge on any atom is -0.367 e. The van der Waals surface area contributed by atoms with Crippen LogP contribution in [0.4, 0.5) is 0 Å². The van der Waals surface area contributed by atoms with Gasteiger partial charge < -0.3 is 9.26 Å². The first kappa shape index (κ1) is 15.0. The maximum absolute atomic E-state index is 6.05. The third-order valence-electron chi connectivity index (χ3n) is 3.85. The van der Waals surface area contributed by atoms with Crippen LogP contribution in [0.1, 0.15) is 69.4 Å². The molecule has 1 aliphatic rings. The van der Waals surface area contributed by atoms with Gasteiger partial charge in [0, 0.05) is 6.61 Å². The molecule has 0 amide bonds. The number of nitrogens with zero attached hydrogens (tertiary/aromatic N) is 2. The highest BCUT2D eigenvalue weighted by atomic mass is 79.9. The summed E-state index contributed by atoms with van der Waals surface area (Å²) < 4.78 is 11.4. The maximum atomic E-state index is 6.05. The minimum atomic E-state index is -0.339. The Morgan fingerprint density at radius 2 is 2.32 bits per heavy atom. The summed E-state index contributed by atoms with van der Waals surface area (Å²) in [6.45, 7) is 7.07. The number of hydrogen-bond acceptors (Lipinski definition) is 4. The van der Waals surface area contributed by atoms with Gasteiger partial charge in [-0.15, -0.1) is 0 Å². The van der Waals surface area contributed by atoms with E-state index in [9.17, 15) is 0 Å². The van der Waals surface area contributed by atoms with Crippen molar-refractivity contribution in [2.75, 3.05) is 6.61 Å². The van der Waals surface area contributed by atoms with E-state index in [1.54, 1.807) is 0 Å². The molecule has 2 rings (SSSR count).